The average molecular weight is 236 g/mol. The van der Waals surface area contributed by atoms with E-state index in [9.17, 15) is 0 Å². The third-order valence-corrected chi connectivity index (χ3v) is 3.41. The zero-order chi connectivity index (χ0) is 11.4. The first kappa shape index (κ1) is 11.3. The van der Waals surface area contributed by atoms with Crippen LogP contribution in [0.25, 0.3) is 0 Å². The van der Waals surface area contributed by atoms with Gasteiger partial charge in [0.05, 0.1) is 17.7 Å². The van der Waals surface area contributed by atoms with E-state index in [1.165, 1.54) is 4.88 Å². The van der Waals surface area contributed by atoms with Crippen LogP contribution >= 0.6 is 11.3 Å². The van der Waals surface area contributed by atoms with Crippen molar-refractivity contribution in [3.8, 4) is 0 Å². The Bertz CT molecular complexity index is 421. The predicted octanol–water partition coefficient (Wildman–Crippen LogP) is 1.83. The SMILES string of the molecule is Cc1ncsc1CNC(C)Cn1cccn1. The Kier molecular flexibility index (Phi) is 3.69. The van der Waals surface area contributed by atoms with Crippen molar-refractivity contribution in [1.29, 1.82) is 0 Å². The Morgan fingerprint density at radius 3 is 3.06 bits per heavy atom. The fourth-order valence-electron chi connectivity index (χ4n) is 1.52. The van der Waals surface area contributed by atoms with Crippen molar-refractivity contribution in [2.75, 3.05) is 0 Å². The first-order chi connectivity index (χ1) is 7.75. The van der Waals surface area contributed by atoms with Crippen molar-refractivity contribution in [3.63, 3.8) is 0 Å². The van der Waals surface area contributed by atoms with Crippen LogP contribution in [-0.4, -0.2) is 20.8 Å². The Balaban J connectivity index is 1.80. The minimum absolute atomic E-state index is 0.404. The number of nitrogens with one attached hydrogen (secondary N) is 1. The van der Waals surface area contributed by atoms with Crippen molar-refractivity contribution in [3.05, 3.63) is 34.5 Å². The van der Waals surface area contributed by atoms with E-state index < -0.39 is 0 Å². The molecule has 16 heavy (non-hydrogen) atoms. The third kappa shape index (κ3) is 2.90. The summed E-state index contributed by atoms with van der Waals surface area (Å²) in [5, 5.41) is 7.66. The molecule has 4 nitrogen and oxygen atoms in total. The lowest BCUT2D eigenvalue weighted by molar-refractivity contribution is 0.452. The molecule has 1 atom stereocenters. The second-order valence-electron chi connectivity index (χ2n) is 3.87. The number of hydrogen-bond donors (Lipinski definition) is 1. The second-order valence-corrected chi connectivity index (χ2v) is 4.81. The molecule has 0 fully saturated rings. The van der Waals surface area contributed by atoms with Crippen LogP contribution in [0.15, 0.2) is 24.0 Å². The van der Waals surface area contributed by atoms with Gasteiger partial charge in [0.2, 0.25) is 0 Å². The quantitative estimate of drug-likeness (QED) is 0.861. The van der Waals surface area contributed by atoms with E-state index in [4.69, 9.17) is 0 Å². The van der Waals surface area contributed by atoms with Gasteiger partial charge in [-0.25, -0.2) is 4.98 Å². The van der Waals surface area contributed by atoms with E-state index in [1.807, 2.05) is 29.4 Å². The van der Waals surface area contributed by atoms with E-state index in [1.54, 1.807) is 17.5 Å². The van der Waals surface area contributed by atoms with Crippen LogP contribution in [0.1, 0.15) is 17.5 Å². The minimum Gasteiger partial charge on any atom is -0.307 e. The van der Waals surface area contributed by atoms with Gasteiger partial charge >= 0.3 is 0 Å². The molecule has 0 saturated heterocycles. The zero-order valence-electron chi connectivity index (χ0n) is 9.55. The van der Waals surface area contributed by atoms with Crippen molar-refractivity contribution in [1.82, 2.24) is 20.1 Å². The highest BCUT2D eigenvalue weighted by molar-refractivity contribution is 7.09. The number of aromatic nitrogens is 3. The van der Waals surface area contributed by atoms with Crippen LogP contribution in [0.2, 0.25) is 0 Å². The molecule has 5 heteroatoms. The van der Waals surface area contributed by atoms with Gasteiger partial charge < -0.3 is 5.32 Å². The molecule has 0 aliphatic rings. The summed E-state index contributed by atoms with van der Waals surface area (Å²) in [6, 6.07) is 2.35. The summed E-state index contributed by atoms with van der Waals surface area (Å²) in [7, 11) is 0. The maximum atomic E-state index is 4.23. The normalized spacial score (nSPS) is 12.9. The Morgan fingerprint density at radius 1 is 1.56 bits per heavy atom. The Labute approximate surface area is 99.3 Å². The van der Waals surface area contributed by atoms with Crippen molar-refractivity contribution in [2.24, 2.45) is 0 Å². The van der Waals surface area contributed by atoms with Gasteiger partial charge in [0.15, 0.2) is 0 Å². The summed E-state index contributed by atoms with van der Waals surface area (Å²) in [4.78, 5) is 5.54. The molecule has 0 aliphatic heterocycles. The molecule has 86 valence electrons. The van der Waals surface area contributed by atoms with Gasteiger partial charge in [-0.3, -0.25) is 4.68 Å². The minimum atomic E-state index is 0.404. The number of nitrogens with zero attached hydrogens (tertiary/aromatic N) is 3. The summed E-state index contributed by atoms with van der Waals surface area (Å²) in [6.07, 6.45) is 3.79. The average Bonchev–Trinajstić information content (AvgIpc) is 2.87. The summed E-state index contributed by atoms with van der Waals surface area (Å²) >= 11 is 1.70. The van der Waals surface area contributed by atoms with Gasteiger partial charge in [-0.05, 0) is 19.9 Å². The number of aryl methyl sites for hydroxylation is 1. The van der Waals surface area contributed by atoms with Crippen LogP contribution < -0.4 is 5.32 Å². The highest BCUT2D eigenvalue weighted by Crippen LogP contribution is 2.11. The fourth-order valence-corrected chi connectivity index (χ4v) is 2.24. The third-order valence-electron chi connectivity index (χ3n) is 2.48. The molecule has 0 radical (unpaired) electrons. The van der Waals surface area contributed by atoms with E-state index in [0.717, 1.165) is 18.8 Å². The molecule has 0 spiro atoms. The van der Waals surface area contributed by atoms with Crippen LogP contribution in [0.3, 0.4) is 0 Å². The number of thiazole rings is 1. The molecule has 0 bridgehead atoms. The Morgan fingerprint density at radius 2 is 2.44 bits per heavy atom. The monoisotopic (exact) mass is 236 g/mol. The van der Waals surface area contributed by atoms with Gasteiger partial charge in [-0.2, -0.15) is 5.10 Å². The molecule has 2 rings (SSSR count). The maximum absolute atomic E-state index is 4.23. The standard InChI is InChI=1S/C11H16N4S/c1-9(7-15-5-3-4-14-15)12-6-11-10(2)13-8-16-11/h3-5,8-9,12H,6-7H2,1-2H3. The van der Waals surface area contributed by atoms with E-state index >= 15 is 0 Å². The van der Waals surface area contributed by atoms with Crippen molar-refractivity contribution in [2.45, 2.75) is 33.0 Å². The van der Waals surface area contributed by atoms with Crippen LogP contribution in [0, 0.1) is 6.92 Å². The topological polar surface area (TPSA) is 42.7 Å². The lowest BCUT2D eigenvalue weighted by Gasteiger charge is -2.13. The summed E-state index contributed by atoms with van der Waals surface area (Å²) in [6.45, 7) is 5.99. The predicted molar refractivity (Wildman–Crippen MR) is 65.4 cm³/mol. The van der Waals surface area contributed by atoms with Crippen LogP contribution in [0.5, 0.6) is 0 Å². The van der Waals surface area contributed by atoms with Gasteiger partial charge in [0.25, 0.3) is 0 Å². The van der Waals surface area contributed by atoms with Crippen LogP contribution in [0.4, 0.5) is 0 Å². The molecule has 1 N–H and O–H groups in total. The molecule has 2 aromatic heterocycles. The highest BCUT2D eigenvalue weighted by atomic mass is 32.1. The fraction of sp³-hybridized carbons (Fsp3) is 0.455. The maximum Gasteiger partial charge on any atom is 0.0798 e. The van der Waals surface area contributed by atoms with E-state index in [0.29, 0.717) is 6.04 Å². The molecule has 2 heterocycles. The van der Waals surface area contributed by atoms with Crippen molar-refractivity contribution < 1.29 is 0 Å². The molecular weight excluding hydrogens is 220 g/mol. The number of rotatable bonds is 5. The van der Waals surface area contributed by atoms with E-state index in [-0.39, 0.29) is 0 Å². The van der Waals surface area contributed by atoms with Crippen LogP contribution in [-0.2, 0) is 13.1 Å². The summed E-state index contributed by atoms with van der Waals surface area (Å²) in [5.41, 5.74) is 3.02. The van der Waals surface area contributed by atoms with Gasteiger partial charge in [-0.1, -0.05) is 0 Å². The van der Waals surface area contributed by atoms with E-state index in [2.05, 4.69) is 22.3 Å². The summed E-state index contributed by atoms with van der Waals surface area (Å²) < 4.78 is 1.94. The first-order valence-corrected chi connectivity index (χ1v) is 6.23. The molecule has 0 aromatic carbocycles. The lowest BCUT2D eigenvalue weighted by Crippen LogP contribution is -2.30. The van der Waals surface area contributed by atoms with Crippen molar-refractivity contribution >= 4 is 11.3 Å². The lowest BCUT2D eigenvalue weighted by atomic mass is 10.3. The Hall–Kier alpha value is -1.20. The summed E-state index contributed by atoms with van der Waals surface area (Å²) in [5.74, 6) is 0. The van der Waals surface area contributed by atoms with Gasteiger partial charge in [-0.15, -0.1) is 11.3 Å². The van der Waals surface area contributed by atoms with Gasteiger partial charge in [0, 0.05) is 29.9 Å². The molecule has 2 aromatic rings. The number of hydrogen-bond acceptors (Lipinski definition) is 4. The van der Waals surface area contributed by atoms with Gasteiger partial charge in [0.1, 0.15) is 0 Å². The second kappa shape index (κ2) is 5.23. The molecule has 1 unspecified atom stereocenters. The molecule has 0 aliphatic carbocycles. The largest absolute Gasteiger partial charge is 0.307 e. The zero-order valence-corrected chi connectivity index (χ0v) is 10.4. The highest BCUT2D eigenvalue weighted by Gasteiger charge is 2.05. The first-order valence-electron chi connectivity index (χ1n) is 5.35. The smallest absolute Gasteiger partial charge is 0.0798 e. The molecule has 0 amide bonds. The molecule has 0 saturated carbocycles. The molecular formula is C11H16N4S.